The molecular weight excluding hydrogens is 326 g/mol. The maximum Gasteiger partial charge on any atom is 0.270 e. The molecule has 2 aromatic heterocycles. The van der Waals surface area contributed by atoms with Crippen molar-refractivity contribution in [1.29, 1.82) is 0 Å². The van der Waals surface area contributed by atoms with Crippen LogP contribution in [-0.4, -0.2) is 44.9 Å². The van der Waals surface area contributed by atoms with Crippen LogP contribution < -0.4 is 5.32 Å². The van der Waals surface area contributed by atoms with Gasteiger partial charge in [0.05, 0.1) is 0 Å². The number of likely N-dealkylation sites (tertiary alicyclic amines) is 1. The summed E-state index contributed by atoms with van der Waals surface area (Å²) in [4.78, 5) is 26.3. The van der Waals surface area contributed by atoms with Crippen LogP contribution in [0.5, 0.6) is 0 Å². The summed E-state index contributed by atoms with van der Waals surface area (Å²) >= 11 is 0. The molecule has 2 aliphatic rings. The Morgan fingerprint density at radius 2 is 2.15 bits per heavy atom. The van der Waals surface area contributed by atoms with Gasteiger partial charge >= 0.3 is 0 Å². The Balaban J connectivity index is 1.23. The number of fused-ring (bicyclic) bond motifs is 1. The monoisotopic (exact) mass is 347 g/mol. The minimum absolute atomic E-state index is 0.116. The standard InChI is InChI=1S/C20H21N5O/c26-19(17-9-14-3-1-2-4-16(14)24-17)25-8-6-20(12-25)10-15(11-20)23-18-5-7-21-13-22-18/h1-5,7,9,13,15,24H,6,8,10-12H2,(H,21,22,23). The number of rotatable bonds is 3. The maximum absolute atomic E-state index is 12.9. The number of hydrogen-bond acceptors (Lipinski definition) is 4. The number of nitrogens with one attached hydrogen (secondary N) is 2. The van der Waals surface area contributed by atoms with Gasteiger partial charge in [-0.2, -0.15) is 0 Å². The minimum Gasteiger partial charge on any atom is -0.367 e. The molecule has 1 spiro atoms. The average molecular weight is 347 g/mol. The second-order valence-corrected chi connectivity index (χ2v) is 7.59. The lowest BCUT2D eigenvalue weighted by molar-refractivity contribution is 0.0711. The number of aromatic nitrogens is 3. The van der Waals surface area contributed by atoms with Crippen LogP contribution in [0.25, 0.3) is 10.9 Å². The van der Waals surface area contributed by atoms with E-state index in [1.165, 1.54) is 0 Å². The van der Waals surface area contributed by atoms with Gasteiger partial charge in [-0.3, -0.25) is 4.79 Å². The summed E-state index contributed by atoms with van der Waals surface area (Å²) in [5.74, 6) is 0.995. The second-order valence-electron chi connectivity index (χ2n) is 7.59. The van der Waals surface area contributed by atoms with E-state index in [1.807, 2.05) is 41.3 Å². The molecule has 1 amide bonds. The molecule has 3 aromatic rings. The molecule has 0 atom stereocenters. The molecule has 1 aliphatic carbocycles. The molecule has 0 radical (unpaired) electrons. The first-order chi connectivity index (χ1) is 12.7. The summed E-state index contributed by atoms with van der Waals surface area (Å²) in [5, 5.41) is 4.55. The number of H-pyrrole nitrogens is 1. The molecule has 1 aliphatic heterocycles. The molecule has 6 nitrogen and oxygen atoms in total. The Morgan fingerprint density at radius 3 is 2.96 bits per heavy atom. The van der Waals surface area contributed by atoms with Crippen LogP contribution in [0.15, 0.2) is 48.9 Å². The van der Waals surface area contributed by atoms with Crippen LogP contribution in [0.2, 0.25) is 0 Å². The lowest BCUT2D eigenvalue weighted by Crippen LogP contribution is -2.47. The van der Waals surface area contributed by atoms with Gasteiger partial charge in [0.2, 0.25) is 0 Å². The predicted octanol–water partition coefficient (Wildman–Crippen LogP) is 3.06. The fourth-order valence-corrected chi connectivity index (χ4v) is 4.47. The van der Waals surface area contributed by atoms with E-state index >= 15 is 0 Å². The summed E-state index contributed by atoms with van der Waals surface area (Å²) in [7, 11) is 0. The van der Waals surface area contributed by atoms with E-state index in [0.29, 0.717) is 11.7 Å². The van der Waals surface area contributed by atoms with Crippen molar-refractivity contribution in [1.82, 2.24) is 19.9 Å². The van der Waals surface area contributed by atoms with E-state index in [0.717, 1.165) is 49.1 Å². The van der Waals surface area contributed by atoms with Crippen LogP contribution in [0, 0.1) is 5.41 Å². The van der Waals surface area contributed by atoms with Crippen molar-refractivity contribution in [2.45, 2.75) is 25.3 Å². The molecule has 6 heteroatoms. The number of para-hydroxylation sites is 1. The Morgan fingerprint density at radius 1 is 1.27 bits per heavy atom. The van der Waals surface area contributed by atoms with Crippen LogP contribution in [0.3, 0.4) is 0 Å². The van der Waals surface area contributed by atoms with Gasteiger partial charge in [0, 0.05) is 36.2 Å². The molecule has 5 rings (SSSR count). The first-order valence-electron chi connectivity index (χ1n) is 9.10. The van der Waals surface area contributed by atoms with Crippen molar-refractivity contribution < 1.29 is 4.79 Å². The van der Waals surface area contributed by atoms with Crippen molar-refractivity contribution in [2.24, 2.45) is 5.41 Å². The number of anilines is 1. The third kappa shape index (κ3) is 2.62. The van der Waals surface area contributed by atoms with E-state index in [2.05, 4.69) is 20.3 Å². The van der Waals surface area contributed by atoms with Gasteiger partial charge in [0.15, 0.2) is 0 Å². The molecule has 3 heterocycles. The smallest absolute Gasteiger partial charge is 0.270 e. The van der Waals surface area contributed by atoms with E-state index < -0.39 is 0 Å². The number of aromatic amines is 1. The van der Waals surface area contributed by atoms with Gasteiger partial charge in [-0.1, -0.05) is 18.2 Å². The van der Waals surface area contributed by atoms with Crippen molar-refractivity contribution in [2.75, 3.05) is 18.4 Å². The maximum atomic E-state index is 12.9. The van der Waals surface area contributed by atoms with Crippen LogP contribution in [-0.2, 0) is 0 Å². The zero-order valence-electron chi connectivity index (χ0n) is 14.5. The fraction of sp³-hybridized carbons (Fsp3) is 0.350. The molecule has 132 valence electrons. The zero-order chi connectivity index (χ0) is 17.6. The normalized spacial score (nSPS) is 24.8. The SMILES string of the molecule is O=C(c1cc2ccccc2[nH]1)N1CCC2(CC(Nc3ccncn3)C2)C1. The summed E-state index contributed by atoms with van der Waals surface area (Å²) in [5.41, 5.74) is 1.98. The first kappa shape index (κ1) is 15.4. The quantitative estimate of drug-likeness (QED) is 0.764. The predicted molar refractivity (Wildman–Crippen MR) is 99.9 cm³/mol. The zero-order valence-corrected chi connectivity index (χ0v) is 14.5. The van der Waals surface area contributed by atoms with Gasteiger partial charge in [0.25, 0.3) is 5.91 Å². The Hall–Kier alpha value is -2.89. The molecule has 2 N–H and O–H groups in total. The number of carbonyl (C=O) groups is 1. The molecule has 2 fully saturated rings. The minimum atomic E-state index is 0.116. The number of hydrogen-bond donors (Lipinski definition) is 2. The Kier molecular flexibility index (Phi) is 3.45. The van der Waals surface area contributed by atoms with Crippen LogP contribution >= 0.6 is 0 Å². The highest BCUT2D eigenvalue weighted by Gasteiger charge is 2.49. The van der Waals surface area contributed by atoms with Crippen molar-refractivity contribution >= 4 is 22.6 Å². The topological polar surface area (TPSA) is 73.9 Å². The Bertz CT molecular complexity index is 912. The second kappa shape index (κ2) is 5.83. The highest BCUT2D eigenvalue weighted by molar-refractivity contribution is 5.98. The summed E-state index contributed by atoms with van der Waals surface area (Å²) in [6.45, 7) is 1.69. The van der Waals surface area contributed by atoms with E-state index in [-0.39, 0.29) is 11.3 Å². The number of amides is 1. The Labute approximate surface area is 151 Å². The molecular formula is C20H21N5O. The fourth-order valence-electron chi connectivity index (χ4n) is 4.47. The number of nitrogens with zero attached hydrogens (tertiary/aromatic N) is 3. The molecule has 1 saturated carbocycles. The molecule has 1 saturated heterocycles. The molecule has 0 unspecified atom stereocenters. The van der Waals surface area contributed by atoms with Gasteiger partial charge < -0.3 is 15.2 Å². The van der Waals surface area contributed by atoms with Crippen LogP contribution in [0.1, 0.15) is 29.8 Å². The summed E-state index contributed by atoms with van der Waals surface area (Å²) in [6.07, 6.45) is 6.58. The third-order valence-corrected chi connectivity index (χ3v) is 5.78. The van der Waals surface area contributed by atoms with Crippen molar-refractivity contribution in [3.05, 3.63) is 54.6 Å². The van der Waals surface area contributed by atoms with Crippen molar-refractivity contribution in [3.63, 3.8) is 0 Å². The molecule has 0 bridgehead atoms. The summed E-state index contributed by atoms with van der Waals surface area (Å²) < 4.78 is 0. The number of carbonyl (C=O) groups excluding carboxylic acids is 1. The van der Waals surface area contributed by atoms with Gasteiger partial charge in [-0.15, -0.1) is 0 Å². The van der Waals surface area contributed by atoms with Gasteiger partial charge in [0.1, 0.15) is 17.8 Å². The highest BCUT2D eigenvalue weighted by Crippen LogP contribution is 2.49. The molecule has 26 heavy (non-hydrogen) atoms. The third-order valence-electron chi connectivity index (χ3n) is 5.78. The lowest BCUT2D eigenvalue weighted by Gasteiger charge is -2.45. The van der Waals surface area contributed by atoms with Crippen LogP contribution in [0.4, 0.5) is 5.82 Å². The number of benzene rings is 1. The lowest BCUT2D eigenvalue weighted by atomic mass is 9.65. The van der Waals surface area contributed by atoms with Crippen molar-refractivity contribution in [3.8, 4) is 0 Å². The van der Waals surface area contributed by atoms with E-state index in [9.17, 15) is 4.79 Å². The molecule has 1 aromatic carbocycles. The average Bonchev–Trinajstić information content (AvgIpc) is 3.26. The summed E-state index contributed by atoms with van der Waals surface area (Å²) in [6, 6.07) is 12.3. The highest BCUT2D eigenvalue weighted by atomic mass is 16.2. The largest absolute Gasteiger partial charge is 0.367 e. The van der Waals surface area contributed by atoms with Gasteiger partial charge in [-0.25, -0.2) is 9.97 Å². The van der Waals surface area contributed by atoms with Gasteiger partial charge in [-0.05, 0) is 42.9 Å². The van der Waals surface area contributed by atoms with E-state index in [1.54, 1.807) is 12.5 Å². The first-order valence-corrected chi connectivity index (χ1v) is 9.10. The van der Waals surface area contributed by atoms with E-state index in [4.69, 9.17) is 0 Å².